The fraction of sp³-hybridized carbons (Fsp3) is 0.588. The van der Waals surface area contributed by atoms with Crippen molar-refractivity contribution in [1.82, 2.24) is 10.6 Å². The molecule has 0 aliphatic carbocycles. The van der Waals surface area contributed by atoms with Crippen molar-refractivity contribution >= 4 is 11.6 Å². The second kappa shape index (κ2) is 8.62. The number of aliphatic imine (C=N–C) groups is 1. The molecule has 0 bridgehead atoms. The maximum absolute atomic E-state index is 4.57. The number of aryl methyl sites for hydroxylation is 1. The Morgan fingerprint density at radius 3 is 2.35 bits per heavy atom. The summed E-state index contributed by atoms with van der Waals surface area (Å²) in [5, 5.41) is 6.55. The Hall–Kier alpha value is -1.51. The van der Waals surface area contributed by atoms with E-state index < -0.39 is 0 Å². The molecule has 3 heteroatoms. The van der Waals surface area contributed by atoms with E-state index in [1.165, 1.54) is 44.1 Å². The molecule has 0 saturated carbocycles. The van der Waals surface area contributed by atoms with Gasteiger partial charge in [-0.2, -0.15) is 0 Å². The maximum atomic E-state index is 4.57. The van der Waals surface area contributed by atoms with Gasteiger partial charge in [-0.25, -0.2) is 4.99 Å². The minimum absolute atomic E-state index is 0.906. The molecule has 1 aromatic carbocycles. The molecule has 0 radical (unpaired) electrons. The number of hydrogen-bond acceptors (Lipinski definition) is 1. The predicted octanol–water partition coefficient (Wildman–Crippen LogP) is 3.77. The van der Waals surface area contributed by atoms with Gasteiger partial charge in [-0.3, -0.25) is 0 Å². The Bertz CT molecular complexity index is 401. The van der Waals surface area contributed by atoms with Crippen LogP contribution in [0.4, 0.5) is 5.69 Å². The van der Waals surface area contributed by atoms with Crippen LogP contribution in [0.2, 0.25) is 0 Å². The van der Waals surface area contributed by atoms with Gasteiger partial charge in [-0.1, -0.05) is 44.7 Å². The van der Waals surface area contributed by atoms with E-state index in [1.54, 1.807) is 0 Å². The van der Waals surface area contributed by atoms with E-state index in [4.69, 9.17) is 0 Å². The van der Waals surface area contributed by atoms with E-state index in [9.17, 15) is 0 Å². The van der Waals surface area contributed by atoms with Crippen molar-refractivity contribution in [3.8, 4) is 0 Å². The highest BCUT2D eigenvalue weighted by Crippen LogP contribution is 2.15. The summed E-state index contributed by atoms with van der Waals surface area (Å²) in [6.45, 7) is 4.29. The number of nitrogens with zero attached hydrogens (tertiary/aromatic N) is 1. The molecule has 1 aliphatic heterocycles. The second-order valence-corrected chi connectivity index (χ2v) is 5.50. The lowest BCUT2D eigenvalue weighted by molar-refractivity contribution is 0.632. The fourth-order valence-corrected chi connectivity index (χ4v) is 2.44. The molecular formula is C17H27N3. The van der Waals surface area contributed by atoms with Crippen LogP contribution in [0.25, 0.3) is 0 Å². The lowest BCUT2D eigenvalue weighted by Gasteiger charge is -2.17. The van der Waals surface area contributed by atoms with E-state index >= 15 is 0 Å². The molecule has 0 unspecified atom stereocenters. The summed E-state index contributed by atoms with van der Waals surface area (Å²) >= 11 is 0. The zero-order valence-electron chi connectivity index (χ0n) is 12.6. The average Bonchev–Trinajstić information content (AvgIpc) is 2.50. The topological polar surface area (TPSA) is 36.4 Å². The first-order chi connectivity index (χ1) is 9.88. The normalized spacial score (nSPS) is 14.6. The average molecular weight is 273 g/mol. The minimum Gasteiger partial charge on any atom is -0.356 e. The summed E-state index contributed by atoms with van der Waals surface area (Å²) in [6, 6.07) is 8.66. The molecule has 1 heterocycles. The molecule has 1 aliphatic rings. The molecule has 0 amide bonds. The molecule has 1 saturated heterocycles. The summed E-state index contributed by atoms with van der Waals surface area (Å²) < 4.78 is 0. The number of nitrogens with one attached hydrogen (secondary N) is 2. The minimum atomic E-state index is 0.906. The number of guanidine groups is 1. The Morgan fingerprint density at radius 2 is 1.65 bits per heavy atom. The van der Waals surface area contributed by atoms with Gasteiger partial charge in [0.25, 0.3) is 0 Å². The molecule has 0 aromatic heterocycles. The molecule has 2 rings (SSSR count). The van der Waals surface area contributed by atoms with Gasteiger partial charge in [0.2, 0.25) is 0 Å². The highest BCUT2D eigenvalue weighted by molar-refractivity contribution is 5.83. The van der Waals surface area contributed by atoms with Crippen LogP contribution in [0.5, 0.6) is 0 Å². The molecule has 1 aromatic rings. The zero-order valence-corrected chi connectivity index (χ0v) is 12.6. The predicted molar refractivity (Wildman–Crippen MR) is 86.6 cm³/mol. The van der Waals surface area contributed by atoms with Crippen LogP contribution in [0, 0.1) is 0 Å². The van der Waals surface area contributed by atoms with Crippen molar-refractivity contribution in [2.45, 2.75) is 51.9 Å². The smallest absolute Gasteiger partial charge is 0.196 e. The van der Waals surface area contributed by atoms with Crippen molar-refractivity contribution in [2.24, 2.45) is 4.99 Å². The van der Waals surface area contributed by atoms with Gasteiger partial charge in [0, 0.05) is 13.1 Å². The van der Waals surface area contributed by atoms with E-state index in [0.29, 0.717) is 0 Å². The Kier molecular flexibility index (Phi) is 6.42. The van der Waals surface area contributed by atoms with Crippen LogP contribution < -0.4 is 10.6 Å². The number of benzene rings is 1. The van der Waals surface area contributed by atoms with Crippen LogP contribution >= 0.6 is 0 Å². The first-order valence-electron chi connectivity index (χ1n) is 8.04. The third-order valence-corrected chi connectivity index (χ3v) is 3.68. The third kappa shape index (κ3) is 5.24. The molecule has 20 heavy (non-hydrogen) atoms. The van der Waals surface area contributed by atoms with Gasteiger partial charge < -0.3 is 10.6 Å². The first-order valence-corrected chi connectivity index (χ1v) is 8.04. The Morgan fingerprint density at radius 1 is 0.950 bits per heavy atom. The molecule has 3 nitrogen and oxygen atoms in total. The van der Waals surface area contributed by atoms with Gasteiger partial charge in [0.05, 0.1) is 5.69 Å². The summed E-state index contributed by atoms with van der Waals surface area (Å²) in [6.07, 6.45) is 9.07. The monoisotopic (exact) mass is 273 g/mol. The lowest BCUT2D eigenvalue weighted by atomic mass is 10.1. The van der Waals surface area contributed by atoms with E-state index in [2.05, 4.69) is 46.8 Å². The number of hydrogen-bond donors (Lipinski definition) is 2. The summed E-state index contributed by atoms with van der Waals surface area (Å²) in [5.41, 5.74) is 2.45. The lowest BCUT2D eigenvalue weighted by Crippen LogP contribution is -2.43. The van der Waals surface area contributed by atoms with Crippen LogP contribution in [0.3, 0.4) is 0 Å². The standard InChI is InChI=1S/C17H27N3/c1-2-3-4-5-6-8-15-9-11-16(12-10-15)20-17-18-13-7-14-19-17/h9-12H,2-8,13-14H2,1H3,(H2,18,19,20). The third-order valence-electron chi connectivity index (χ3n) is 3.68. The summed E-state index contributed by atoms with van der Waals surface area (Å²) in [4.78, 5) is 4.57. The van der Waals surface area contributed by atoms with E-state index in [0.717, 1.165) is 31.2 Å². The van der Waals surface area contributed by atoms with E-state index in [-0.39, 0.29) is 0 Å². The molecule has 110 valence electrons. The van der Waals surface area contributed by atoms with Gasteiger partial charge in [0.1, 0.15) is 0 Å². The largest absolute Gasteiger partial charge is 0.356 e. The van der Waals surface area contributed by atoms with Crippen LogP contribution in [0.15, 0.2) is 29.3 Å². The van der Waals surface area contributed by atoms with Gasteiger partial charge in [0.15, 0.2) is 5.96 Å². The van der Waals surface area contributed by atoms with Crippen LogP contribution in [-0.4, -0.2) is 19.0 Å². The number of rotatable bonds is 7. The highest BCUT2D eigenvalue weighted by Gasteiger charge is 2.03. The molecule has 0 atom stereocenters. The van der Waals surface area contributed by atoms with E-state index in [1.807, 2.05) is 0 Å². The maximum Gasteiger partial charge on any atom is 0.196 e. The van der Waals surface area contributed by atoms with Crippen molar-refractivity contribution in [3.05, 3.63) is 29.8 Å². The SMILES string of the molecule is CCCCCCCc1ccc(N=C2NCCCN2)cc1. The van der Waals surface area contributed by atoms with Gasteiger partial charge >= 0.3 is 0 Å². The van der Waals surface area contributed by atoms with Crippen LogP contribution in [-0.2, 0) is 6.42 Å². The summed E-state index contributed by atoms with van der Waals surface area (Å²) in [7, 11) is 0. The quantitative estimate of drug-likeness (QED) is 0.742. The molecule has 1 fully saturated rings. The van der Waals surface area contributed by atoms with Gasteiger partial charge in [-0.05, 0) is 37.0 Å². The fourth-order valence-electron chi connectivity index (χ4n) is 2.44. The van der Waals surface area contributed by atoms with Crippen molar-refractivity contribution in [1.29, 1.82) is 0 Å². The molecular weight excluding hydrogens is 246 g/mol. The van der Waals surface area contributed by atoms with Crippen molar-refractivity contribution in [3.63, 3.8) is 0 Å². The molecule has 2 N–H and O–H groups in total. The van der Waals surface area contributed by atoms with Crippen LogP contribution in [0.1, 0.15) is 51.0 Å². The van der Waals surface area contributed by atoms with Crippen molar-refractivity contribution in [2.75, 3.05) is 13.1 Å². The summed E-state index contributed by atoms with van der Waals surface area (Å²) in [5.74, 6) is 0.906. The zero-order chi connectivity index (χ0) is 14.0. The van der Waals surface area contributed by atoms with Crippen molar-refractivity contribution < 1.29 is 0 Å². The second-order valence-electron chi connectivity index (χ2n) is 5.50. The Labute approximate surface area is 122 Å². The van der Waals surface area contributed by atoms with Gasteiger partial charge in [-0.15, -0.1) is 0 Å². The molecule has 0 spiro atoms. The Balaban J connectivity index is 1.77. The first kappa shape index (κ1) is 14.9. The highest BCUT2D eigenvalue weighted by atomic mass is 15.2. The number of unbranched alkanes of at least 4 members (excludes halogenated alkanes) is 4.